The van der Waals surface area contributed by atoms with Crippen LogP contribution >= 0.6 is 11.3 Å². The van der Waals surface area contributed by atoms with Crippen LogP contribution in [0.2, 0.25) is 0 Å². The van der Waals surface area contributed by atoms with Crippen molar-refractivity contribution in [2.24, 2.45) is 0 Å². The normalized spacial score (nSPS) is 22.7. The Hall–Kier alpha value is -2.48. The lowest BCUT2D eigenvalue weighted by atomic mass is 9.99. The van der Waals surface area contributed by atoms with Crippen molar-refractivity contribution in [1.29, 1.82) is 0 Å². The predicted molar refractivity (Wildman–Crippen MR) is 100 cm³/mol. The van der Waals surface area contributed by atoms with E-state index in [1.165, 1.54) is 0 Å². The lowest BCUT2D eigenvalue weighted by Crippen LogP contribution is -2.42. The maximum Gasteiger partial charge on any atom is 0.329 e. The molecule has 27 heavy (non-hydrogen) atoms. The number of nitrogens with zero attached hydrogens (tertiary/aromatic N) is 2. The van der Waals surface area contributed by atoms with Gasteiger partial charge in [0.25, 0.3) is 5.91 Å². The summed E-state index contributed by atoms with van der Waals surface area (Å²) < 4.78 is 6.28. The summed E-state index contributed by atoms with van der Waals surface area (Å²) in [4.78, 5) is 42.1. The second-order valence-electron chi connectivity index (χ2n) is 6.97. The molecule has 0 spiro atoms. The first-order valence-corrected chi connectivity index (χ1v) is 10.0. The number of carbonyl (C=O) groups is 3. The zero-order valence-electron chi connectivity index (χ0n) is 14.8. The number of hydrogen-bond donors (Lipinski definition) is 1. The van der Waals surface area contributed by atoms with Crippen LogP contribution in [0, 0.1) is 0 Å². The second-order valence-corrected chi connectivity index (χ2v) is 8.03. The number of nitrogens with one attached hydrogen (secondary N) is 1. The Balaban J connectivity index is 1.34. The second kappa shape index (κ2) is 7.64. The molecule has 8 heteroatoms. The van der Waals surface area contributed by atoms with Crippen LogP contribution in [0.4, 0.5) is 0 Å². The highest BCUT2D eigenvalue weighted by Gasteiger charge is 2.31. The molecule has 4 rings (SSSR count). The molecule has 142 valence electrons. The van der Waals surface area contributed by atoms with Crippen molar-refractivity contribution >= 4 is 39.3 Å². The molecule has 2 atom stereocenters. The van der Waals surface area contributed by atoms with E-state index in [0.29, 0.717) is 25.9 Å². The Labute approximate surface area is 160 Å². The predicted octanol–water partition coefficient (Wildman–Crippen LogP) is 1.82. The molecule has 2 fully saturated rings. The number of hydrogen-bond acceptors (Lipinski definition) is 6. The number of para-hydroxylation sites is 1. The summed E-state index contributed by atoms with van der Waals surface area (Å²) in [6, 6.07) is 7.42. The highest BCUT2D eigenvalue weighted by molar-refractivity contribution is 7.18. The standard InChI is InChI=1S/C19H21N3O4S/c23-16-8-7-14(20-16)19(25)26-11-17(24)22-9-3-4-12(10-22)18-21-13-5-1-2-6-15(13)27-18/h1-2,5-6,12,14H,3-4,7-11H2,(H,20,23)/t12-,14+/m1/s1. The number of piperidine rings is 1. The van der Waals surface area contributed by atoms with Crippen molar-refractivity contribution in [3.8, 4) is 0 Å². The van der Waals surface area contributed by atoms with Crippen molar-refractivity contribution in [3.05, 3.63) is 29.3 Å². The monoisotopic (exact) mass is 387 g/mol. The van der Waals surface area contributed by atoms with E-state index < -0.39 is 12.0 Å². The number of amides is 2. The largest absolute Gasteiger partial charge is 0.454 e. The lowest BCUT2D eigenvalue weighted by Gasteiger charge is -2.31. The lowest BCUT2D eigenvalue weighted by molar-refractivity contribution is -0.154. The average molecular weight is 387 g/mol. The van der Waals surface area contributed by atoms with E-state index in [1.54, 1.807) is 16.2 Å². The first-order valence-electron chi connectivity index (χ1n) is 9.19. The number of thiazole rings is 1. The van der Waals surface area contributed by atoms with Gasteiger partial charge in [-0.05, 0) is 31.4 Å². The van der Waals surface area contributed by atoms with Crippen LogP contribution in [0.3, 0.4) is 0 Å². The fourth-order valence-corrected chi connectivity index (χ4v) is 4.68. The summed E-state index contributed by atoms with van der Waals surface area (Å²) in [7, 11) is 0. The molecule has 0 radical (unpaired) electrons. The molecule has 0 saturated carbocycles. The van der Waals surface area contributed by atoms with Gasteiger partial charge in [0.1, 0.15) is 6.04 Å². The van der Waals surface area contributed by atoms with Gasteiger partial charge in [-0.1, -0.05) is 12.1 Å². The topological polar surface area (TPSA) is 88.6 Å². The Bertz CT molecular complexity index is 848. The minimum absolute atomic E-state index is 0.155. The van der Waals surface area contributed by atoms with Crippen molar-refractivity contribution < 1.29 is 19.1 Å². The van der Waals surface area contributed by atoms with E-state index in [2.05, 4.69) is 11.4 Å². The van der Waals surface area contributed by atoms with Gasteiger partial charge >= 0.3 is 5.97 Å². The average Bonchev–Trinajstić information content (AvgIpc) is 3.32. The molecule has 1 N–H and O–H groups in total. The molecular weight excluding hydrogens is 366 g/mol. The summed E-state index contributed by atoms with van der Waals surface area (Å²) in [5.74, 6) is -0.671. The fraction of sp³-hybridized carbons (Fsp3) is 0.474. The van der Waals surface area contributed by atoms with Gasteiger partial charge in [-0.25, -0.2) is 9.78 Å². The van der Waals surface area contributed by atoms with E-state index >= 15 is 0 Å². The fourth-order valence-electron chi connectivity index (χ4n) is 3.59. The zero-order valence-corrected chi connectivity index (χ0v) is 15.7. The highest BCUT2D eigenvalue weighted by atomic mass is 32.1. The molecular formula is C19H21N3O4S. The van der Waals surface area contributed by atoms with E-state index in [1.807, 2.05) is 18.2 Å². The first kappa shape index (κ1) is 17.9. The number of fused-ring (bicyclic) bond motifs is 1. The van der Waals surface area contributed by atoms with Crippen LogP contribution in [-0.4, -0.2) is 53.4 Å². The van der Waals surface area contributed by atoms with Gasteiger partial charge in [-0.15, -0.1) is 11.3 Å². The molecule has 0 aliphatic carbocycles. The molecule has 2 amide bonds. The summed E-state index contributed by atoms with van der Waals surface area (Å²) in [6.45, 7) is 0.978. The van der Waals surface area contributed by atoms with E-state index in [0.717, 1.165) is 28.1 Å². The minimum atomic E-state index is -0.623. The third kappa shape index (κ3) is 3.95. The summed E-state index contributed by atoms with van der Waals surface area (Å²) in [6.07, 6.45) is 2.65. The third-order valence-corrected chi connectivity index (χ3v) is 6.25. The van der Waals surface area contributed by atoms with Gasteiger partial charge in [0.2, 0.25) is 5.91 Å². The maximum atomic E-state index is 12.5. The van der Waals surface area contributed by atoms with Crippen molar-refractivity contribution in [1.82, 2.24) is 15.2 Å². The van der Waals surface area contributed by atoms with Crippen LogP contribution in [0.25, 0.3) is 10.2 Å². The number of aromatic nitrogens is 1. The van der Waals surface area contributed by atoms with Crippen molar-refractivity contribution in [2.75, 3.05) is 19.7 Å². The molecule has 7 nitrogen and oxygen atoms in total. The van der Waals surface area contributed by atoms with Crippen molar-refractivity contribution in [2.45, 2.75) is 37.6 Å². The van der Waals surface area contributed by atoms with Gasteiger partial charge in [0.05, 0.1) is 15.2 Å². The first-order chi connectivity index (χ1) is 13.1. The highest BCUT2D eigenvalue weighted by Crippen LogP contribution is 2.32. The molecule has 0 unspecified atom stereocenters. The molecule has 2 aliphatic heterocycles. The Morgan fingerprint density at radius 1 is 1.30 bits per heavy atom. The van der Waals surface area contributed by atoms with Gasteiger partial charge in [-0.2, -0.15) is 0 Å². The number of carbonyl (C=O) groups excluding carboxylic acids is 3. The molecule has 2 saturated heterocycles. The van der Waals surface area contributed by atoms with Crippen LogP contribution < -0.4 is 5.32 Å². The van der Waals surface area contributed by atoms with Gasteiger partial charge in [-0.3, -0.25) is 9.59 Å². The number of ether oxygens (including phenoxy) is 1. The SMILES string of the molecule is O=C1CC[C@@H](C(=O)OCC(=O)N2CCC[C@@H](c3nc4ccccc4s3)C2)N1. The Kier molecular flexibility index (Phi) is 5.07. The molecule has 0 bridgehead atoms. The van der Waals surface area contributed by atoms with E-state index in [9.17, 15) is 14.4 Å². The number of likely N-dealkylation sites (tertiary alicyclic amines) is 1. The van der Waals surface area contributed by atoms with Crippen molar-refractivity contribution in [3.63, 3.8) is 0 Å². The quantitative estimate of drug-likeness (QED) is 0.809. The van der Waals surface area contributed by atoms with Crippen LogP contribution in [0.5, 0.6) is 0 Å². The number of benzene rings is 1. The van der Waals surface area contributed by atoms with Crippen LogP contribution in [0.1, 0.15) is 36.6 Å². The summed E-state index contributed by atoms with van der Waals surface area (Å²) in [5, 5.41) is 3.61. The molecule has 2 aliphatic rings. The molecule has 3 heterocycles. The number of rotatable bonds is 4. The van der Waals surface area contributed by atoms with Gasteiger partial charge < -0.3 is 15.0 Å². The van der Waals surface area contributed by atoms with Gasteiger partial charge in [0, 0.05) is 25.4 Å². The minimum Gasteiger partial charge on any atom is -0.454 e. The summed E-state index contributed by atoms with van der Waals surface area (Å²) >= 11 is 1.68. The zero-order chi connectivity index (χ0) is 18.8. The van der Waals surface area contributed by atoms with E-state index in [4.69, 9.17) is 9.72 Å². The van der Waals surface area contributed by atoms with E-state index in [-0.39, 0.29) is 24.3 Å². The molecule has 1 aromatic heterocycles. The molecule has 1 aromatic carbocycles. The number of esters is 1. The third-order valence-electron chi connectivity index (χ3n) is 5.05. The Morgan fingerprint density at radius 3 is 2.93 bits per heavy atom. The van der Waals surface area contributed by atoms with Gasteiger partial charge in [0.15, 0.2) is 6.61 Å². The smallest absolute Gasteiger partial charge is 0.329 e. The maximum absolute atomic E-state index is 12.5. The molecule has 2 aromatic rings. The van der Waals surface area contributed by atoms with Crippen LogP contribution in [0.15, 0.2) is 24.3 Å². The Morgan fingerprint density at radius 2 is 2.15 bits per heavy atom. The van der Waals surface area contributed by atoms with Crippen LogP contribution in [-0.2, 0) is 19.1 Å². The summed E-state index contributed by atoms with van der Waals surface area (Å²) in [5.41, 5.74) is 0.994.